The van der Waals surface area contributed by atoms with E-state index in [0.717, 1.165) is 48.0 Å². The molecule has 0 heterocycles. The average molecular weight is 360 g/mol. The van der Waals surface area contributed by atoms with E-state index in [1.165, 1.54) is 11.1 Å². The number of hydrogen-bond donors (Lipinski definition) is 1. The van der Waals surface area contributed by atoms with Gasteiger partial charge < -0.3 is 10.1 Å². The first-order valence-electron chi connectivity index (χ1n) is 8.97. The Morgan fingerprint density at radius 3 is 2.44 bits per heavy atom. The molecular weight excluding hydrogens is 330 g/mol. The monoisotopic (exact) mass is 359 g/mol. The number of ether oxygens (including phenoxy) is 1. The fraction of sp³-hybridized carbons (Fsp3) is 0.455. The molecule has 25 heavy (non-hydrogen) atoms. The molecular formula is C22H30ClNO. The van der Waals surface area contributed by atoms with Crippen LogP contribution in [-0.4, -0.2) is 13.2 Å². The van der Waals surface area contributed by atoms with E-state index in [0.29, 0.717) is 0 Å². The zero-order valence-electron chi connectivity index (χ0n) is 16.1. The topological polar surface area (TPSA) is 21.3 Å². The molecule has 0 bridgehead atoms. The summed E-state index contributed by atoms with van der Waals surface area (Å²) in [6.45, 7) is 12.4. The Labute approximate surface area is 157 Å². The molecule has 0 aliphatic rings. The van der Waals surface area contributed by atoms with Crippen LogP contribution in [0.3, 0.4) is 0 Å². The van der Waals surface area contributed by atoms with Gasteiger partial charge in [-0.05, 0) is 73.9 Å². The minimum atomic E-state index is 0.197. The molecule has 0 aliphatic carbocycles. The Morgan fingerprint density at radius 1 is 1.00 bits per heavy atom. The third kappa shape index (κ3) is 6.28. The normalized spacial score (nSPS) is 11.4. The van der Waals surface area contributed by atoms with Gasteiger partial charge in [0.25, 0.3) is 0 Å². The third-order valence-corrected chi connectivity index (χ3v) is 4.95. The van der Waals surface area contributed by atoms with Crippen LogP contribution >= 0.6 is 11.6 Å². The largest absolute Gasteiger partial charge is 0.493 e. The maximum atomic E-state index is 6.19. The number of hydrogen-bond acceptors (Lipinski definition) is 2. The van der Waals surface area contributed by atoms with Crippen LogP contribution in [0.25, 0.3) is 0 Å². The smallest absolute Gasteiger partial charge is 0.122 e. The molecule has 0 unspecified atom stereocenters. The summed E-state index contributed by atoms with van der Waals surface area (Å²) in [4.78, 5) is 0. The molecule has 0 saturated carbocycles. The van der Waals surface area contributed by atoms with Crippen molar-refractivity contribution in [3.63, 3.8) is 0 Å². The van der Waals surface area contributed by atoms with Gasteiger partial charge in [-0.1, -0.05) is 43.6 Å². The Kier molecular flexibility index (Phi) is 6.78. The van der Waals surface area contributed by atoms with Gasteiger partial charge in [-0.3, -0.25) is 0 Å². The molecule has 3 heteroatoms. The van der Waals surface area contributed by atoms with Gasteiger partial charge in [0, 0.05) is 17.3 Å². The summed E-state index contributed by atoms with van der Waals surface area (Å²) in [6.07, 6.45) is 2.14. The lowest BCUT2D eigenvalue weighted by Gasteiger charge is -2.26. The first-order chi connectivity index (χ1) is 11.8. The van der Waals surface area contributed by atoms with Gasteiger partial charge in [0.1, 0.15) is 5.75 Å². The molecule has 2 aromatic carbocycles. The lowest BCUT2D eigenvalue weighted by atomic mass is 9.88. The first-order valence-corrected chi connectivity index (χ1v) is 9.35. The van der Waals surface area contributed by atoms with Gasteiger partial charge in [0.2, 0.25) is 0 Å². The van der Waals surface area contributed by atoms with E-state index < -0.39 is 0 Å². The minimum Gasteiger partial charge on any atom is -0.493 e. The zero-order valence-corrected chi connectivity index (χ0v) is 16.8. The van der Waals surface area contributed by atoms with E-state index in [4.69, 9.17) is 16.3 Å². The van der Waals surface area contributed by atoms with Crippen LogP contribution in [0.4, 0.5) is 5.69 Å². The predicted octanol–water partition coefficient (Wildman–Crippen LogP) is 6.56. The standard InChI is InChI=1S/C22H30ClNO/c1-16-7-8-18(3)21(13-16)25-12-6-11-22(4,5)15-24-19-10-9-17(2)20(23)14-19/h7-10,13-14,24H,6,11-12,15H2,1-5H3. The van der Waals surface area contributed by atoms with Crippen molar-refractivity contribution in [2.45, 2.75) is 47.5 Å². The van der Waals surface area contributed by atoms with Crippen LogP contribution in [0, 0.1) is 26.2 Å². The third-order valence-electron chi connectivity index (χ3n) is 4.54. The molecule has 0 aliphatic heterocycles. The number of halogens is 1. The van der Waals surface area contributed by atoms with Crippen molar-refractivity contribution in [1.82, 2.24) is 0 Å². The quantitative estimate of drug-likeness (QED) is 0.538. The van der Waals surface area contributed by atoms with Crippen molar-refractivity contribution >= 4 is 17.3 Å². The summed E-state index contributed by atoms with van der Waals surface area (Å²) in [7, 11) is 0. The van der Waals surface area contributed by atoms with Crippen LogP contribution in [-0.2, 0) is 0 Å². The molecule has 0 amide bonds. The van der Waals surface area contributed by atoms with Gasteiger partial charge in [0.05, 0.1) is 6.61 Å². The predicted molar refractivity (Wildman–Crippen MR) is 109 cm³/mol. The fourth-order valence-corrected chi connectivity index (χ4v) is 2.91. The second kappa shape index (κ2) is 8.62. The lowest BCUT2D eigenvalue weighted by Crippen LogP contribution is -2.23. The number of anilines is 1. The number of nitrogens with one attached hydrogen (secondary N) is 1. The molecule has 0 atom stereocenters. The molecule has 136 valence electrons. The van der Waals surface area contributed by atoms with Crippen molar-refractivity contribution < 1.29 is 4.74 Å². The summed E-state index contributed by atoms with van der Waals surface area (Å²) in [5.74, 6) is 1.00. The molecule has 0 saturated heterocycles. The van der Waals surface area contributed by atoms with E-state index in [1.54, 1.807) is 0 Å². The van der Waals surface area contributed by atoms with Gasteiger partial charge in [-0.25, -0.2) is 0 Å². The number of rotatable bonds is 8. The summed E-state index contributed by atoms with van der Waals surface area (Å²) < 4.78 is 5.97. The van der Waals surface area contributed by atoms with Crippen LogP contribution in [0.15, 0.2) is 36.4 Å². The second-order valence-corrected chi connectivity index (χ2v) is 8.11. The van der Waals surface area contributed by atoms with E-state index in [2.05, 4.69) is 63.3 Å². The Hall–Kier alpha value is -1.67. The van der Waals surface area contributed by atoms with Crippen molar-refractivity contribution in [1.29, 1.82) is 0 Å². The maximum Gasteiger partial charge on any atom is 0.122 e. The van der Waals surface area contributed by atoms with E-state index >= 15 is 0 Å². The molecule has 1 N–H and O–H groups in total. The Morgan fingerprint density at radius 2 is 1.72 bits per heavy atom. The van der Waals surface area contributed by atoms with Crippen LogP contribution in [0.2, 0.25) is 5.02 Å². The van der Waals surface area contributed by atoms with Crippen LogP contribution < -0.4 is 10.1 Å². The zero-order chi connectivity index (χ0) is 18.4. The van der Waals surface area contributed by atoms with Gasteiger partial charge in [-0.15, -0.1) is 0 Å². The molecule has 2 nitrogen and oxygen atoms in total. The highest BCUT2D eigenvalue weighted by molar-refractivity contribution is 6.31. The van der Waals surface area contributed by atoms with E-state index in [1.807, 2.05) is 13.0 Å². The highest BCUT2D eigenvalue weighted by atomic mass is 35.5. The highest BCUT2D eigenvalue weighted by Crippen LogP contribution is 2.26. The summed E-state index contributed by atoms with van der Waals surface area (Å²) >= 11 is 6.19. The van der Waals surface area contributed by atoms with Crippen molar-refractivity contribution in [2.24, 2.45) is 5.41 Å². The van der Waals surface area contributed by atoms with Crippen LogP contribution in [0.5, 0.6) is 5.75 Å². The minimum absolute atomic E-state index is 0.197. The fourth-order valence-electron chi connectivity index (χ4n) is 2.73. The SMILES string of the molecule is Cc1ccc(C)c(OCCCC(C)(C)CNc2ccc(C)c(Cl)c2)c1. The Bertz CT molecular complexity index is 709. The first kappa shape index (κ1) is 19.7. The lowest BCUT2D eigenvalue weighted by molar-refractivity contribution is 0.263. The highest BCUT2D eigenvalue weighted by Gasteiger charge is 2.17. The summed E-state index contributed by atoms with van der Waals surface area (Å²) in [5.41, 5.74) is 4.82. The van der Waals surface area contributed by atoms with Gasteiger partial charge in [0.15, 0.2) is 0 Å². The number of benzene rings is 2. The van der Waals surface area contributed by atoms with Crippen molar-refractivity contribution in [3.05, 3.63) is 58.1 Å². The van der Waals surface area contributed by atoms with Crippen molar-refractivity contribution in [3.8, 4) is 5.75 Å². The average Bonchev–Trinajstić information content (AvgIpc) is 2.56. The molecule has 2 aromatic rings. The molecule has 2 rings (SSSR count). The molecule has 0 fully saturated rings. The molecule has 0 radical (unpaired) electrons. The summed E-state index contributed by atoms with van der Waals surface area (Å²) in [5, 5.41) is 4.31. The van der Waals surface area contributed by atoms with E-state index in [-0.39, 0.29) is 5.41 Å². The summed E-state index contributed by atoms with van der Waals surface area (Å²) in [6, 6.07) is 12.5. The molecule has 0 spiro atoms. The van der Waals surface area contributed by atoms with Gasteiger partial charge >= 0.3 is 0 Å². The maximum absolute atomic E-state index is 6.19. The van der Waals surface area contributed by atoms with Crippen LogP contribution in [0.1, 0.15) is 43.4 Å². The molecule has 0 aromatic heterocycles. The van der Waals surface area contributed by atoms with E-state index in [9.17, 15) is 0 Å². The number of aryl methyl sites for hydroxylation is 3. The Balaban J connectivity index is 1.77. The van der Waals surface area contributed by atoms with Gasteiger partial charge in [-0.2, -0.15) is 0 Å². The van der Waals surface area contributed by atoms with Crippen molar-refractivity contribution in [2.75, 3.05) is 18.5 Å². The second-order valence-electron chi connectivity index (χ2n) is 7.70.